The van der Waals surface area contributed by atoms with E-state index in [0.29, 0.717) is 16.7 Å². The molecular formula is C14H16ClN3OS. The number of aliphatic hydroxyl groups is 1. The summed E-state index contributed by atoms with van der Waals surface area (Å²) in [4.78, 5) is 0. The van der Waals surface area contributed by atoms with E-state index in [1.54, 1.807) is 12.1 Å². The minimum atomic E-state index is -0.556. The van der Waals surface area contributed by atoms with Crippen molar-refractivity contribution < 1.29 is 5.11 Å². The van der Waals surface area contributed by atoms with Gasteiger partial charge in [0.05, 0.1) is 6.10 Å². The smallest absolute Gasteiger partial charge is 0.191 e. The maximum atomic E-state index is 10.2. The first-order chi connectivity index (χ1) is 9.65. The molecule has 20 heavy (non-hydrogen) atoms. The summed E-state index contributed by atoms with van der Waals surface area (Å²) in [5.74, 6) is 2.18. The summed E-state index contributed by atoms with van der Waals surface area (Å²) in [6.07, 6.45) is 1.86. The van der Waals surface area contributed by atoms with Crippen LogP contribution in [0, 0.1) is 0 Å². The molecule has 0 radical (unpaired) electrons. The molecule has 6 heteroatoms. The standard InChI is InChI=1S/C14H16ClN3OS/c1-18-13(9-5-6-9)16-17-14(18)20-8-12(19)10-3-2-4-11(15)7-10/h2-4,7,9,12,19H,5-6,8H2,1H3. The van der Waals surface area contributed by atoms with Crippen molar-refractivity contribution in [1.29, 1.82) is 0 Å². The average molecular weight is 310 g/mol. The van der Waals surface area contributed by atoms with Gasteiger partial charge in [-0.05, 0) is 30.5 Å². The molecule has 1 aromatic heterocycles. The number of aromatic nitrogens is 3. The molecule has 1 unspecified atom stereocenters. The Kier molecular flexibility index (Phi) is 4.01. The first kappa shape index (κ1) is 13.9. The second kappa shape index (κ2) is 5.76. The van der Waals surface area contributed by atoms with Gasteiger partial charge in [-0.15, -0.1) is 10.2 Å². The van der Waals surface area contributed by atoms with Crippen LogP contribution in [0.2, 0.25) is 5.02 Å². The Morgan fingerprint density at radius 1 is 1.45 bits per heavy atom. The molecule has 1 aliphatic rings. The number of nitrogens with zero attached hydrogens (tertiary/aromatic N) is 3. The number of hydrogen-bond donors (Lipinski definition) is 1. The lowest BCUT2D eigenvalue weighted by molar-refractivity contribution is 0.204. The van der Waals surface area contributed by atoms with E-state index in [-0.39, 0.29) is 0 Å². The predicted molar refractivity (Wildman–Crippen MR) is 80.1 cm³/mol. The Morgan fingerprint density at radius 2 is 2.25 bits per heavy atom. The van der Waals surface area contributed by atoms with Crippen molar-refractivity contribution in [2.24, 2.45) is 7.05 Å². The molecule has 1 N–H and O–H groups in total. The van der Waals surface area contributed by atoms with Crippen molar-refractivity contribution in [3.05, 3.63) is 40.7 Å². The van der Waals surface area contributed by atoms with E-state index in [9.17, 15) is 5.11 Å². The molecule has 1 aliphatic carbocycles. The Morgan fingerprint density at radius 3 is 2.95 bits per heavy atom. The molecule has 3 rings (SSSR count). The highest BCUT2D eigenvalue weighted by Crippen LogP contribution is 2.39. The fourth-order valence-corrected chi connectivity index (χ4v) is 3.20. The highest BCUT2D eigenvalue weighted by molar-refractivity contribution is 7.99. The fraction of sp³-hybridized carbons (Fsp3) is 0.429. The van der Waals surface area contributed by atoms with E-state index in [1.807, 2.05) is 23.7 Å². The summed E-state index contributed by atoms with van der Waals surface area (Å²) in [6, 6.07) is 7.32. The van der Waals surface area contributed by atoms with E-state index < -0.39 is 6.10 Å². The van der Waals surface area contributed by atoms with Crippen molar-refractivity contribution in [2.75, 3.05) is 5.75 Å². The SMILES string of the molecule is Cn1c(SCC(O)c2cccc(Cl)c2)nnc1C1CC1. The van der Waals surface area contributed by atoms with Crippen molar-refractivity contribution in [3.63, 3.8) is 0 Å². The topological polar surface area (TPSA) is 50.9 Å². The van der Waals surface area contributed by atoms with Crippen LogP contribution in [-0.2, 0) is 7.05 Å². The maximum Gasteiger partial charge on any atom is 0.191 e. The van der Waals surface area contributed by atoms with Gasteiger partial charge in [-0.2, -0.15) is 0 Å². The Balaban J connectivity index is 1.64. The van der Waals surface area contributed by atoms with Gasteiger partial charge in [0.15, 0.2) is 5.16 Å². The van der Waals surface area contributed by atoms with Crippen molar-refractivity contribution in [1.82, 2.24) is 14.8 Å². The molecule has 1 saturated carbocycles. The number of rotatable bonds is 5. The molecule has 0 saturated heterocycles. The van der Waals surface area contributed by atoms with Gasteiger partial charge in [0.25, 0.3) is 0 Å². The zero-order valence-electron chi connectivity index (χ0n) is 11.2. The van der Waals surface area contributed by atoms with Crippen LogP contribution in [-0.4, -0.2) is 25.6 Å². The second-order valence-electron chi connectivity index (χ2n) is 5.06. The molecule has 0 aliphatic heterocycles. The van der Waals surface area contributed by atoms with Crippen LogP contribution >= 0.6 is 23.4 Å². The maximum absolute atomic E-state index is 10.2. The number of aliphatic hydroxyl groups excluding tert-OH is 1. The summed E-state index contributed by atoms with van der Waals surface area (Å²) in [6.45, 7) is 0. The molecule has 1 aromatic carbocycles. The van der Waals surface area contributed by atoms with Gasteiger partial charge in [0, 0.05) is 23.7 Å². The molecule has 0 spiro atoms. The first-order valence-electron chi connectivity index (χ1n) is 6.61. The quantitative estimate of drug-likeness (QED) is 0.862. The van der Waals surface area contributed by atoms with Crippen LogP contribution in [0.5, 0.6) is 0 Å². The normalized spacial score (nSPS) is 16.4. The van der Waals surface area contributed by atoms with Crippen LogP contribution in [0.25, 0.3) is 0 Å². The fourth-order valence-electron chi connectivity index (χ4n) is 2.11. The molecule has 1 fully saturated rings. The van der Waals surface area contributed by atoms with Crippen LogP contribution in [0.1, 0.15) is 36.3 Å². The largest absolute Gasteiger partial charge is 0.388 e. The summed E-state index contributed by atoms with van der Waals surface area (Å²) in [5.41, 5.74) is 0.828. The average Bonchev–Trinajstić information content (AvgIpc) is 3.21. The van der Waals surface area contributed by atoms with Crippen molar-refractivity contribution >= 4 is 23.4 Å². The molecular weight excluding hydrogens is 294 g/mol. The van der Waals surface area contributed by atoms with Crippen molar-refractivity contribution in [3.8, 4) is 0 Å². The third-order valence-electron chi connectivity index (χ3n) is 3.41. The lowest BCUT2D eigenvalue weighted by atomic mass is 10.1. The molecule has 1 heterocycles. The summed E-state index contributed by atoms with van der Waals surface area (Å²) in [7, 11) is 1.99. The van der Waals surface area contributed by atoms with Gasteiger partial charge < -0.3 is 9.67 Å². The second-order valence-corrected chi connectivity index (χ2v) is 6.48. The first-order valence-corrected chi connectivity index (χ1v) is 7.97. The van der Waals surface area contributed by atoms with Gasteiger partial charge in [-0.3, -0.25) is 0 Å². The van der Waals surface area contributed by atoms with Gasteiger partial charge in [0.2, 0.25) is 0 Å². The van der Waals surface area contributed by atoms with Crippen LogP contribution in [0.15, 0.2) is 29.4 Å². The minimum absolute atomic E-state index is 0.539. The third-order valence-corrected chi connectivity index (χ3v) is 4.75. The third kappa shape index (κ3) is 3.00. The van der Waals surface area contributed by atoms with Gasteiger partial charge in [0.1, 0.15) is 5.82 Å². The number of hydrogen-bond acceptors (Lipinski definition) is 4. The Bertz CT molecular complexity index is 612. The predicted octanol–water partition coefficient (Wildman–Crippen LogP) is 3.17. The number of thioether (sulfide) groups is 1. The van der Waals surface area contributed by atoms with Crippen LogP contribution in [0.4, 0.5) is 0 Å². The Hall–Kier alpha value is -1.04. The van der Waals surface area contributed by atoms with E-state index >= 15 is 0 Å². The Labute approximate surface area is 127 Å². The van der Waals surface area contributed by atoms with E-state index in [2.05, 4.69) is 10.2 Å². The minimum Gasteiger partial charge on any atom is -0.388 e. The molecule has 2 aromatic rings. The monoisotopic (exact) mass is 309 g/mol. The molecule has 4 nitrogen and oxygen atoms in total. The zero-order chi connectivity index (χ0) is 14.1. The summed E-state index contributed by atoms with van der Waals surface area (Å²) in [5, 5.41) is 20.1. The van der Waals surface area contributed by atoms with Gasteiger partial charge in [-0.25, -0.2) is 0 Å². The summed E-state index contributed by atoms with van der Waals surface area (Å²) < 4.78 is 2.03. The van der Waals surface area contributed by atoms with Crippen LogP contribution in [0.3, 0.4) is 0 Å². The van der Waals surface area contributed by atoms with E-state index in [4.69, 9.17) is 11.6 Å². The lowest BCUT2D eigenvalue weighted by Crippen LogP contribution is -2.03. The number of benzene rings is 1. The molecule has 106 valence electrons. The van der Waals surface area contributed by atoms with Crippen molar-refractivity contribution in [2.45, 2.75) is 30.0 Å². The highest BCUT2D eigenvalue weighted by Gasteiger charge is 2.29. The van der Waals surface area contributed by atoms with Crippen LogP contribution < -0.4 is 0 Å². The van der Waals surface area contributed by atoms with Gasteiger partial charge >= 0.3 is 0 Å². The lowest BCUT2D eigenvalue weighted by Gasteiger charge is -2.10. The number of halogens is 1. The molecule has 0 bridgehead atoms. The van der Waals surface area contributed by atoms with E-state index in [1.165, 1.54) is 24.6 Å². The molecule has 1 atom stereocenters. The van der Waals surface area contributed by atoms with E-state index in [0.717, 1.165) is 16.5 Å². The highest BCUT2D eigenvalue weighted by atomic mass is 35.5. The molecule has 0 amide bonds. The van der Waals surface area contributed by atoms with Gasteiger partial charge in [-0.1, -0.05) is 35.5 Å². The zero-order valence-corrected chi connectivity index (χ0v) is 12.7. The summed E-state index contributed by atoms with van der Waals surface area (Å²) >= 11 is 7.45.